The lowest BCUT2D eigenvalue weighted by molar-refractivity contribution is 0.0967. The van der Waals surface area contributed by atoms with Gasteiger partial charge in [-0.1, -0.05) is 35.5 Å². The maximum atomic E-state index is 12.2. The summed E-state index contributed by atoms with van der Waals surface area (Å²) < 4.78 is 6.63. The molecule has 1 heterocycles. The van der Waals surface area contributed by atoms with Gasteiger partial charge < -0.3 is 4.74 Å². The normalized spacial score (nSPS) is 10.4. The Morgan fingerprint density at radius 1 is 1.09 bits per heavy atom. The summed E-state index contributed by atoms with van der Waals surface area (Å²) in [4.78, 5) is 12.2. The van der Waals surface area contributed by atoms with Gasteiger partial charge in [0.15, 0.2) is 5.78 Å². The zero-order valence-electron chi connectivity index (χ0n) is 12.1. The first-order valence-electron chi connectivity index (χ1n) is 6.89. The lowest BCUT2D eigenvalue weighted by atomic mass is 10.1. The van der Waals surface area contributed by atoms with Gasteiger partial charge in [0.1, 0.15) is 18.0 Å². The van der Waals surface area contributed by atoms with Gasteiger partial charge in [-0.25, -0.2) is 4.68 Å². The molecule has 0 spiro atoms. The minimum Gasteiger partial charge on any atom is -0.497 e. The van der Waals surface area contributed by atoms with Crippen LogP contribution >= 0.6 is 0 Å². The highest BCUT2D eigenvalue weighted by Crippen LogP contribution is 2.16. The predicted molar refractivity (Wildman–Crippen MR) is 82.8 cm³/mol. The summed E-state index contributed by atoms with van der Waals surface area (Å²) in [5.41, 5.74) is 2.35. The standard InChI is InChI=1S/C17H15N3O2/c1-22-15-9-7-14(8-10-15)17(21)12-20-11-16(18-19-20)13-5-3-2-4-6-13/h2-11H,12H2,1H3. The van der Waals surface area contributed by atoms with E-state index in [9.17, 15) is 4.79 Å². The van der Waals surface area contributed by atoms with E-state index in [1.54, 1.807) is 42.3 Å². The van der Waals surface area contributed by atoms with E-state index >= 15 is 0 Å². The summed E-state index contributed by atoms with van der Waals surface area (Å²) in [6.07, 6.45) is 1.77. The van der Waals surface area contributed by atoms with Gasteiger partial charge in [-0.15, -0.1) is 5.10 Å². The Morgan fingerprint density at radius 2 is 1.82 bits per heavy atom. The van der Waals surface area contributed by atoms with E-state index in [2.05, 4.69) is 10.3 Å². The lowest BCUT2D eigenvalue weighted by Crippen LogP contribution is -2.10. The van der Waals surface area contributed by atoms with Crippen molar-refractivity contribution in [3.63, 3.8) is 0 Å². The van der Waals surface area contributed by atoms with Crippen molar-refractivity contribution in [1.82, 2.24) is 15.0 Å². The van der Waals surface area contributed by atoms with E-state index in [1.807, 2.05) is 30.3 Å². The fourth-order valence-corrected chi connectivity index (χ4v) is 2.13. The van der Waals surface area contributed by atoms with Crippen molar-refractivity contribution in [3.8, 4) is 17.0 Å². The molecule has 3 aromatic rings. The van der Waals surface area contributed by atoms with Gasteiger partial charge in [-0.05, 0) is 24.3 Å². The smallest absolute Gasteiger partial charge is 0.184 e. The largest absolute Gasteiger partial charge is 0.497 e. The van der Waals surface area contributed by atoms with Crippen LogP contribution < -0.4 is 4.74 Å². The average Bonchev–Trinajstić information content (AvgIpc) is 3.04. The topological polar surface area (TPSA) is 57.0 Å². The van der Waals surface area contributed by atoms with Crippen molar-refractivity contribution in [2.45, 2.75) is 6.54 Å². The summed E-state index contributed by atoms with van der Waals surface area (Å²) in [6, 6.07) is 16.8. The fourth-order valence-electron chi connectivity index (χ4n) is 2.13. The van der Waals surface area contributed by atoms with Crippen molar-refractivity contribution in [2.24, 2.45) is 0 Å². The van der Waals surface area contributed by atoms with E-state index in [0.29, 0.717) is 5.56 Å². The third-order valence-corrected chi connectivity index (χ3v) is 3.33. The maximum absolute atomic E-state index is 12.2. The number of carbonyl (C=O) groups is 1. The van der Waals surface area contributed by atoms with Crippen LogP contribution in [0.25, 0.3) is 11.3 Å². The first-order valence-corrected chi connectivity index (χ1v) is 6.89. The number of hydrogen-bond donors (Lipinski definition) is 0. The van der Waals surface area contributed by atoms with Gasteiger partial charge in [0.25, 0.3) is 0 Å². The molecule has 0 saturated carbocycles. The van der Waals surface area contributed by atoms with Gasteiger partial charge in [-0.2, -0.15) is 0 Å². The van der Waals surface area contributed by atoms with Crippen LogP contribution in [0.2, 0.25) is 0 Å². The molecule has 0 aliphatic rings. The molecule has 0 fully saturated rings. The zero-order chi connectivity index (χ0) is 15.4. The highest BCUT2D eigenvalue weighted by molar-refractivity contribution is 5.95. The number of benzene rings is 2. The number of Topliss-reactive ketones (excluding diaryl/α,β-unsaturated/α-hetero) is 1. The summed E-state index contributed by atoms with van der Waals surface area (Å²) >= 11 is 0. The molecule has 22 heavy (non-hydrogen) atoms. The second kappa shape index (κ2) is 6.22. The molecule has 0 saturated heterocycles. The van der Waals surface area contributed by atoms with E-state index in [0.717, 1.165) is 17.0 Å². The molecule has 0 N–H and O–H groups in total. The first kappa shape index (κ1) is 14.0. The third kappa shape index (κ3) is 3.03. The van der Waals surface area contributed by atoms with Gasteiger partial charge in [0.05, 0.1) is 13.3 Å². The van der Waals surface area contributed by atoms with Gasteiger partial charge in [0, 0.05) is 11.1 Å². The number of nitrogens with zero attached hydrogens (tertiary/aromatic N) is 3. The number of ether oxygens (including phenoxy) is 1. The molecule has 3 rings (SSSR count). The van der Waals surface area contributed by atoms with E-state index in [-0.39, 0.29) is 12.3 Å². The summed E-state index contributed by atoms with van der Waals surface area (Å²) in [5.74, 6) is 0.704. The predicted octanol–water partition coefficient (Wildman–Crippen LogP) is 2.84. The Bertz CT molecular complexity index is 764. The lowest BCUT2D eigenvalue weighted by Gasteiger charge is -2.02. The molecule has 5 heteroatoms. The molecule has 110 valence electrons. The highest BCUT2D eigenvalue weighted by atomic mass is 16.5. The summed E-state index contributed by atoms with van der Waals surface area (Å²) in [7, 11) is 1.59. The number of hydrogen-bond acceptors (Lipinski definition) is 4. The quantitative estimate of drug-likeness (QED) is 0.679. The van der Waals surface area contributed by atoms with Crippen LogP contribution in [-0.4, -0.2) is 27.9 Å². The molecule has 0 amide bonds. The second-order valence-corrected chi connectivity index (χ2v) is 4.82. The van der Waals surface area contributed by atoms with Gasteiger partial charge in [0.2, 0.25) is 0 Å². The number of aromatic nitrogens is 3. The average molecular weight is 293 g/mol. The Morgan fingerprint density at radius 3 is 2.50 bits per heavy atom. The Kier molecular flexibility index (Phi) is 3.96. The molecular formula is C17H15N3O2. The maximum Gasteiger partial charge on any atom is 0.184 e. The second-order valence-electron chi connectivity index (χ2n) is 4.82. The summed E-state index contributed by atoms with van der Waals surface area (Å²) in [6.45, 7) is 0.159. The number of carbonyl (C=O) groups excluding carboxylic acids is 1. The van der Waals surface area contributed by atoms with E-state index < -0.39 is 0 Å². The summed E-state index contributed by atoms with van der Waals surface area (Å²) in [5, 5.41) is 8.11. The monoisotopic (exact) mass is 293 g/mol. The molecule has 2 aromatic carbocycles. The number of rotatable bonds is 5. The molecule has 0 bridgehead atoms. The SMILES string of the molecule is COc1ccc(C(=O)Cn2cc(-c3ccccc3)nn2)cc1. The molecule has 0 aliphatic heterocycles. The van der Waals surface area contributed by atoms with Gasteiger partial charge >= 0.3 is 0 Å². The van der Waals surface area contributed by atoms with Crippen LogP contribution in [0.5, 0.6) is 5.75 Å². The van der Waals surface area contributed by atoms with Gasteiger partial charge in [-0.3, -0.25) is 4.79 Å². The van der Waals surface area contributed by atoms with Crippen molar-refractivity contribution < 1.29 is 9.53 Å². The van der Waals surface area contributed by atoms with E-state index in [1.165, 1.54) is 0 Å². The molecular weight excluding hydrogens is 278 g/mol. The molecule has 1 aromatic heterocycles. The third-order valence-electron chi connectivity index (χ3n) is 3.33. The zero-order valence-corrected chi connectivity index (χ0v) is 12.1. The van der Waals surface area contributed by atoms with Crippen LogP contribution in [-0.2, 0) is 6.54 Å². The van der Waals surface area contributed by atoms with Crippen LogP contribution in [0.4, 0.5) is 0 Å². The number of ketones is 1. The molecule has 0 radical (unpaired) electrons. The van der Waals surface area contributed by atoms with Crippen molar-refractivity contribution in [2.75, 3.05) is 7.11 Å². The Labute approximate surface area is 128 Å². The minimum absolute atomic E-state index is 0.0211. The Balaban J connectivity index is 1.73. The number of methoxy groups -OCH3 is 1. The molecule has 0 atom stereocenters. The highest BCUT2D eigenvalue weighted by Gasteiger charge is 2.09. The van der Waals surface area contributed by atoms with Crippen molar-refractivity contribution >= 4 is 5.78 Å². The minimum atomic E-state index is -0.0211. The molecule has 0 aliphatic carbocycles. The van der Waals surface area contributed by atoms with Crippen molar-refractivity contribution in [1.29, 1.82) is 0 Å². The van der Waals surface area contributed by atoms with Crippen LogP contribution in [0, 0.1) is 0 Å². The molecule has 5 nitrogen and oxygen atoms in total. The fraction of sp³-hybridized carbons (Fsp3) is 0.118. The van der Waals surface area contributed by atoms with Crippen LogP contribution in [0.15, 0.2) is 60.8 Å². The first-order chi connectivity index (χ1) is 10.8. The van der Waals surface area contributed by atoms with Crippen LogP contribution in [0.1, 0.15) is 10.4 Å². The van der Waals surface area contributed by atoms with E-state index in [4.69, 9.17) is 4.74 Å². The van der Waals surface area contributed by atoms with Crippen molar-refractivity contribution in [3.05, 3.63) is 66.4 Å². The Hall–Kier alpha value is -2.95. The van der Waals surface area contributed by atoms with Crippen LogP contribution in [0.3, 0.4) is 0 Å². The molecule has 0 unspecified atom stereocenters.